The summed E-state index contributed by atoms with van der Waals surface area (Å²) in [5.41, 5.74) is 14.9. The van der Waals surface area contributed by atoms with E-state index in [1.165, 1.54) is 16.7 Å². The molecule has 0 saturated carbocycles. The third-order valence-corrected chi connectivity index (χ3v) is 9.35. The Hall–Kier alpha value is -6.11. The Bertz CT molecular complexity index is 2310. The molecule has 0 amide bonds. The quantitative estimate of drug-likeness (QED) is 0.184. The van der Waals surface area contributed by atoms with Crippen molar-refractivity contribution >= 4 is 5.69 Å². The van der Waals surface area contributed by atoms with Gasteiger partial charge in [-0.25, -0.2) is 14.8 Å². The highest BCUT2D eigenvalue weighted by molar-refractivity contribution is 5.87. The maximum absolute atomic E-state index is 7.55. The second-order valence-corrected chi connectivity index (χ2v) is 12.5. The first-order valence-corrected chi connectivity index (χ1v) is 15.9. The van der Waals surface area contributed by atoms with Crippen LogP contribution in [0.3, 0.4) is 0 Å². The number of benzene rings is 6. The predicted octanol–water partition coefficient (Wildman–Crippen LogP) is 11.7. The van der Waals surface area contributed by atoms with Gasteiger partial charge in [0.2, 0.25) is 0 Å². The highest BCUT2D eigenvalue weighted by Crippen LogP contribution is 2.50. The van der Waals surface area contributed by atoms with Crippen molar-refractivity contribution in [1.82, 2.24) is 9.97 Å². The van der Waals surface area contributed by atoms with E-state index in [0.717, 1.165) is 55.9 Å². The lowest BCUT2D eigenvalue weighted by molar-refractivity contribution is 0.660. The highest BCUT2D eigenvalue weighted by atomic mass is 14.9. The van der Waals surface area contributed by atoms with Crippen molar-refractivity contribution in [2.45, 2.75) is 19.3 Å². The number of aromatic nitrogens is 2. The molecule has 1 aromatic heterocycles. The molecule has 0 N–H and O–H groups in total. The van der Waals surface area contributed by atoms with Gasteiger partial charge in [-0.2, -0.15) is 0 Å². The van der Waals surface area contributed by atoms with Gasteiger partial charge in [-0.1, -0.05) is 147 Å². The van der Waals surface area contributed by atoms with Crippen molar-refractivity contribution in [2.75, 3.05) is 0 Å². The van der Waals surface area contributed by atoms with Gasteiger partial charge in [-0.05, 0) is 62.7 Å². The smallest absolute Gasteiger partial charge is 0.187 e. The van der Waals surface area contributed by atoms with Crippen LogP contribution in [0, 0.1) is 6.57 Å². The van der Waals surface area contributed by atoms with Crippen LogP contribution >= 0.6 is 0 Å². The highest BCUT2D eigenvalue weighted by Gasteiger charge is 2.35. The lowest BCUT2D eigenvalue weighted by atomic mass is 9.82. The lowest BCUT2D eigenvalue weighted by Crippen LogP contribution is -2.14. The monoisotopic (exact) mass is 601 g/mol. The van der Waals surface area contributed by atoms with E-state index in [2.05, 4.69) is 134 Å². The zero-order valence-corrected chi connectivity index (χ0v) is 26.3. The Labute approximate surface area is 275 Å². The van der Waals surface area contributed by atoms with E-state index < -0.39 is 0 Å². The summed E-state index contributed by atoms with van der Waals surface area (Å²) in [6.07, 6.45) is 0. The Balaban J connectivity index is 1.21. The normalized spacial score (nSPS) is 12.6. The molecule has 8 rings (SSSR count). The van der Waals surface area contributed by atoms with Crippen LogP contribution in [0.1, 0.15) is 25.0 Å². The van der Waals surface area contributed by atoms with Crippen molar-refractivity contribution < 1.29 is 0 Å². The van der Waals surface area contributed by atoms with Gasteiger partial charge in [0.05, 0.1) is 18.0 Å². The number of rotatable bonds is 5. The molecule has 1 heterocycles. The van der Waals surface area contributed by atoms with Gasteiger partial charge in [0.15, 0.2) is 11.5 Å². The van der Waals surface area contributed by atoms with E-state index in [4.69, 9.17) is 16.5 Å². The van der Waals surface area contributed by atoms with Gasteiger partial charge in [-0.15, -0.1) is 0 Å². The summed E-state index contributed by atoms with van der Waals surface area (Å²) in [5.74, 6) is 0.698. The Morgan fingerprint density at radius 2 is 1.00 bits per heavy atom. The van der Waals surface area contributed by atoms with Gasteiger partial charge < -0.3 is 0 Å². The zero-order chi connectivity index (χ0) is 32.0. The van der Waals surface area contributed by atoms with Crippen LogP contribution in [0.25, 0.3) is 72.1 Å². The van der Waals surface area contributed by atoms with Gasteiger partial charge in [0.25, 0.3) is 0 Å². The average Bonchev–Trinajstić information content (AvgIpc) is 3.37. The molecule has 222 valence electrons. The number of nitrogens with zero attached hydrogens (tertiary/aromatic N) is 3. The van der Waals surface area contributed by atoms with Crippen LogP contribution in [0.4, 0.5) is 5.69 Å². The van der Waals surface area contributed by atoms with Crippen LogP contribution in [0.2, 0.25) is 0 Å². The summed E-state index contributed by atoms with van der Waals surface area (Å²) in [6.45, 7) is 12.1. The molecule has 0 atom stereocenters. The Morgan fingerprint density at radius 1 is 0.447 bits per heavy atom. The first kappa shape index (κ1) is 28.4. The van der Waals surface area contributed by atoms with Crippen LogP contribution in [-0.2, 0) is 5.41 Å². The van der Waals surface area contributed by atoms with E-state index in [1.54, 1.807) is 0 Å². The number of fused-ring (bicyclic) bond motifs is 3. The predicted molar refractivity (Wildman–Crippen MR) is 193 cm³/mol. The van der Waals surface area contributed by atoms with E-state index >= 15 is 0 Å². The Morgan fingerprint density at radius 3 is 1.70 bits per heavy atom. The minimum atomic E-state index is -0.103. The second kappa shape index (κ2) is 11.4. The molecule has 1 aliphatic carbocycles. The average molecular weight is 602 g/mol. The molecule has 1 aliphatic rings. The fraction of sp³-hybridized carbons (Fsp3) is 0.0682. The van der Waals surface area contributed by atoms with Crippen molar-refractivity contribution in [3.63, 3.8) is 0 Å². The summed E-state index contributed by atoms with van der Waals surface area (Å²) in [5, 5.41) is 0. The third-order valence-electron chi connectivity index (χ3n) is 9.35. The van der Waals surface area contributed by atoms with E-state index in [1.807, 2.05) is 36.4 Å². The van der Waals surface area contributed by atoms with Crippen LogP contribution in [-0.4, -0.2) is 9.97 Å². The van der Waals surface area contributed by atoms with Gasteiger partial charge in [0.1, 0.15) is 0 Å². The zero-order valence-electron chi connectivity index (χ0n) is 26.3. The first-order chi connectivity index (χ1) is 23.0. The molecule has 0 bridgehead atoms. The van der Waals surface area contributed by atoms with E-state index in [-0.39, 0.29) is 5.41 Å². The molecule has 3 nitrogen and oxygen atoms in total. The molecule has 0 unspecified atom stereocenters. The fourth-order valence-electron chi connectivity index (χ4n) is 6.87. The maximum Gasteiger partial charge on any atom is 0.187 e. The first-order valence-electron chi connectivity index (χ1n) is 15.9. The van der Waals surface area contributed by atoms with Crippen molar-refractivity contribution in [3.8, 4) is 67.3 Å². The Kier molecular flexibility index (Phi) is 6.85. The van der Waals surface area contributed by atoms with Crippen LogP contribution in [0.5, 0.6) is 0 Å². The van der Waals surface area contributed by atoms with Gasteiger partial charge in [0, 0.05) is 22.1 Å². The topological polar surface area (TPSA) is 30.1 Å². The molecular formula is C44H31N3. The fourth-order valence-corrected chi connectivity index (χ4v) is 6.87. The summed E-state index contributed by atoms with van der Waals surface area (Å²) in [7, 11) is 0. The molecule has 3 heteroatoms. The molecule has 0 aliphatic heterocycles. The molecule has 0 spiro atoms. The summed E-state index contributed by atoms with van der Waals surface area (Å²) in [4.78, 5) is 13.9. The summed E-state index contributed by atoms with van der Waals surface area (Å²) in [6, 6.07) is 52.7. The molecular weight excluding hydrogens is 571 g/mol. The number of hydrogen-bond acceptors (Lipinski definition) is 2. The van der Waals surface area contributed by atoms with Gasteiger partial charge >= 0.3 is 0 Å². The van der Waals surface area contributed by atoms with Crippen LogP contribution in [0.15, 0.2) is 152 Å². The largest absolute Gasteiger partial charge is 0.238 e. The standard InChI is InChI=1S/C44H31N3/c1-44(2)39-24-22-33(26-37(39)38-27-34(45-3)23-25-40(38)44)29-18-20-31(21-19-29)41-28-42(47-43(46-41)32-14-8-5-9-15-32)36-17-11-10-16-35(36)30-12-6-4-7-13-30/h4-28H,1-2H3. The second-order valence-electron chi connectivity index (χ2n) is 12.5. The van der Waals surface area contributed by atoms with E-state index in [9.17, 15) is 0 Å². The van der Waals surface area contributed by atoms with Crippen molar-refractivity contribution in [2.24, 2.45) is 0 Å². The SMILES string of the molecule is [C-]#[N+]c1ccc2c(c1)-c1cc(-c3ccc(-c4cc(-c5ccccc5-c5ccccc5)nc(-c5ccccc5)n4)cc3)ccc1C2(C)C. The summed E-state index contributed by atoms with van der Waals surface area (Å²) >= 11 is 0. The van der Waals surface area contributed by atoms with Crippen molar-refractivity contribution in [3.05, 3.63) is 174 Å². The van der Waals surface area contributed by atoms with Crippen LogP contribution < -0.4 is 0 Å². The molecule has 7 aromatic rings. The number of hydrogen-bond donors (Lipinski definition) is 0. The molecule has 47 heavy (non-hydrogen) atoms. The van der Waals surface area contributed by atoms with E-state index in [0.29, 0.717) is 11.5 Å². The minimum Gasteiger partial charge on any atom is -0.238 e. The minimum absolute atomic E-state index is 0.103. The molecule has 0 radical (unpaired) electrons. The molecule has 6 aromatic carbocycles. The molecule has 0 fully saturated rings. The third kappa shape index (κ3) is 5.01. The molecule has 0 saturated heterocycles. The van der Waals surface area contributed by atoms with Crippen molar-refractivity contribution in [1.29, 1.82) is 0 Å². The van der Waals surface area contributed by atoms with Gasteiger partial charge in [-0.3, -0.25) is 0 Å². The lowest BCUT2D eigenvalue weighted by Gasteiger charge is -2.21. The maximum atomic E-state index is 7.55. The summed E-state index contributed by atoms with van der Waals surface area (Å²) < 4.78 is 0.